The number of rotatable bonds is 8. The molecule has 0 saturated heterocycles. The van der Waals surface area contributed by atoms with Gasteiger partial charge in [0, 0.05) is 24.1 Å². The summed E-state index contributed by atoms with van der Waals surface area (Å²) in [6.07, 6.45) is 1.88. The normalized spacial score (nSPS) is 18.8. The highest BCUT2D eigenvalue weighted by Gasteiger charge is 2.44. The molecule has 25 heavy (non-hydrogen) atoms. The Kier molecular flexibility index (Phi) is 6.11. The van der Waals surface area contributed by atoms with Crippen molar-refractivity contribution in [3.8, 4) is 0 Å². The second-order valence-electron chi connectivity index (χ2n) is 6.51. The predicted octanol–water partition coefficient (Wildman–Crippen LogP) is 4.69. The minimum absolute atomic E-state index is 0.0309. The van der Waals surface area contributed by atoms with Gasteiger partial charge in [-0.3, -0.25) is 4.79 Å². The lowest BCUT2D eigenvalue weighted by atomic mass is 10.1. The van der Waals surface area contributed by atoms with Crippen molar-refractivity contribution in [1.29, 1.82) is 0 Å². The highest BCUT2D eigenvalue weighted by molar-refractivity contribution is 6.31. The Morgan fingerprint density at radius 2 is 1.88 bits per heavy atom. The molecule has 2 unspecified atom stereocenters. The van der Waals surface area contributed by atoms with Gasteiger partial charge in [0.15, 0.2) is 0 Å². The zero-order valence-corrected chi connectivity index (χ0v) is 15.3. The van der Waals surface area contributed by atoms with Gasteiger partial charge in [-0.1, -0.05) is 61.0 Å². The Bertz CT molecular complexity index is 731. The van der Waals surface area contributed by atoms with Crippen molar-refractivity contribution < 1.29 is 9.53 Å². The van der Waals surface area contributed by atoms with E-state index in [4.69, 9.17) is 16.3 Å². The largest absolute Gasteiger partial charge is 0.377 e. The molecule has 0 radical (unpaired) electrons. The topological polar surface area (TPSA) is 38.3 Å². The molecule has 0 bridgehead atoms. The van der Waals surface area contributed by atoms with E-state index in [-0.39, 0.29) is 17.7 Å². The van der Waals surface area contributed by atoms with Crippen LogP contribution < -0.4 is 5.32 Å². The summed E-state index contributed by atoms with van der Waals surface area (Å²) < 4.78 is 5.64. The molecule has 0 aliphatic heterocycles. The quantitative estimate of drug-likeness (QED) is 0.696. The highest BCUT2D eigenvalue weighted by atomic mass is 35.5. The van der Waals surface area contributed by atoms with E-state index in [1.165, 1.54) is 0 Å². The summed E-state index contributed by atoms with van der Waals surface area (Å²) in [5.74, 6) is 0.384. The molecule has 1 aliphatic rings. The maximum atomic E-state index is 12.5. The third-order valence-corrected chi connectivity index (χ3v) is 4.95. The van der Waals surface area contributed by atoms with Crippen molar-refractivity contribution in [1.82, 2.24) is 5.32 Å². The summed E-state index contributed by atoms with van der Waals surface area (Å²) >= 11 is 6.24. The monoisotopic (exact) mass is 357 g/mol. The van der Waals surface area contributed by atoms with Crippen LogP contribution in [0.4, 0.5) is 0 Å². The minimum Gasteiger partial charge on any atom is -0.377 e. The Labute approximate surface area is 154 Å². The summed E-state index contributed by atoms with van der Waals surface area (Å²) in [5.41, 5.74) is 3.33. The molecule has 2 aromatic rings. The SMILES string of the molecule is CCCOCc1ccccc1CNC(=O)C1CC1c1ccccc1Cl. The number of hydrogen-bond donors (Lipinski definition) is 1. The first kappa shape index (κ1) is 18.0. The molecule has 0 spiro atoms. The van der Waals surface area contributed by atoms with Crippen LogP contribution in [-0.2, 0) is 22.7 Å². The van der Waals surface area contributed by atoms with Crippen LogP contribution in [0.3, 0.4) is 0 Å². The number of amides is 1. The molecular formula is C21H24ClNO2. The second-order valence-corrected chi connectivity index (χ2v) is 6.92. The Balaban J connectivity index is 1.54. The number of ether oxygens (including phenoxy) is 1. The minimum atomic E-state index is 0.0309. The maximum absolute atomic E-state index is 12.5. The Morgan fingerprint density at radius 3 is 2.64 bits per heavy atom. The maximum Gasteiger partial charge on any atom is 0.224 e. The molecule has 3 nitrogen and oxygen atoms in total. The summed E-state index contributed by atoms with van der Waals surface area (Å²) in [5, 5.41) is 3.82. The third kappa shape index (κ3) is 4.62. The first-order valence-electron chi connectivity index (χ1n) is 8.87. The molecule has 2 aromatic carbocycles. The van der Waals surface area contributed by atoms with E-state index < -0.39 is 0 Å². The molecule has 1 saturated carbocycles. The van der Waals surface area contributed by atoms with Crippen LogP contribution in [0.1, 0.15) is 42.4 Å². The average molecular weight is 358 g/mol. The zero-order chi connectivity index (χ0) is 17.6. The van der Waals surface area contributed by atoms with Crippen molar-refractivity contribution in [3.05, 3.63) is 70.2 Å². The van der Waals surface area contributed by atoms with Gasteiger partial charge in [-0.05, 0) is 41.5 Å². The van der Waals surface area contributed by atoms with Gasteiger partial charge in [-0.15, -0.1) is 0 Å². The third-order valence-electron chi connectivity index (χ3n) is 4.61. The fraction of sp³-hybridized carbons (Fsp3) is 0.381. The van der Waals surface area contributed by atoms with Crippen LogP contribution >= 0.6 is 11.6 Å². The number of hydrogen-bond acceptors (Lipinski definition) is 2. The van der Waals surface area contributed by atoms with Crippen molar-refractivity contribution in [2.75, 3.05) is 6.61 Å². The molecule has 2 atom stereocenters. The van der Waals surface area contributed by atoms with Crippen molar-refractivity contribution >= 4 is 17.5 Å². The molecule has 0 heterocycles. The molecule has 132 valence electrons. The van der Waals surface area contributed by atoms with Crippen molar-refractivity contribution in [3.63, 3.8) is 0 Å². The lowest BCUT2D eigenvalue weighted by molar-refractivity contribution is -0.122. The average Bonchev–Trinajstić information content (AvgIpc) is 3.42. The van der Waals surface area contributed by atoms with Crippen molar-refractivity contribution in [2.24, 2.45) is 5.92 Å². The van der Waals surface area contributed by atoms with Crippen LogP contribution in [0.2, 0.25) is 5.02 Å². The van der Waals surface area contributed by atoms with E-state index in [1.807, 2.05) is 42.5 Å². The standard InChI is InChI=1S/C21H24ClNO2/c1-2-11-25-14-16-8-4-3-7-15(16)13-23-21(24)19-12-18(19)17-9-5-6-10-20(17)22/h3-10,18-19H,2,11-14H2,1H3,(H,23,24). The van der Waals surface area contributed by atoms with E-state index in [2.05, 4.69) is 18.3 Å². The molecule has 1 N–H and O–H groups in total. The first-order valence-corrected chi connectivity index (χ1v) is 9.25. The summed E-state index contributed by atoms with van der Waals surface area (Å²) in [6.45, 7) is 3.97. The lowest BCUT2D eigenvalue weighted by Gasteiger charge is -2.11. The van der Waals surface area contributed by atoms with Gasteiger partial charge in [-0.25, -0.2) is 0 Å². The zero-order valence-electron chi connectivity index (χ0n) is 14.5. The molecule has 1 fully saturated rings. The van der Waals surface area contributed by atoms with Gasteiger partial charge < -0.3 is 10.1 Å². The molecular weight excluding hydrogens is 334 g/mol. The fourth-order valence-electron chi connectivity index (χ4n) is 3.11. The van der Waals surface area contributed by atoms with Gasteiger partial charge in [0.25, 0.3) is 0 Å². The van der Waals surface area contributed by atoms with Crippen LogP contribution in [0.5, 0.6) is 0 Å². The molecule has 1 amide bonds. The van der Waals surface area contributed by atoms with Crippen LogP contribution in [0, 0.1) is 5.92 Å². The molecule has 0 aromatic heterocycles. The van der Waals surface area contributed by atoms with Crippen LogP contribution in [0.15, 0.2) is 48.5 Å². The van der Waals surface area contributed by atoms with E-state index in [9.17, 15) is 4.79 Å². The summed E-state index contributed by atoms with van der Waals surface area (Å²) in [4.78, 5) is 12.5. The smallest absolute Gasteiger partial charge is 0.224 e. The van der Waals surface area contributed by atoms with E-state index >= 15 is 0 Å². The van der Waals surface area contributed by atoms with Gasteiger partial charge >= 0.3 is 0 Å². The van der Waals surface area contributed by atoms with E-state index in [0.717, 1.165) is 41.2 Å². The first-order chi connectivity index (χ1) is 12.2. The number of halogens is 1. The number of benzene rings is 2. The second kappa shape index (κ2) is 8.50. The molecule has 1 aliphatic carbocycles. The Morgan fingerprint density at radius 1 is 1.16 bits per heavy atom. The number of carbonyl (C=O) groups is 1. The number of nitrogens with one attached hydrogen (secondary N) is 1. The molecule has 4 heteroatoms. The van der Waals surface area contributed by atoms with Gasteiger partial charge in [0.2, 0.25) is 5.91 Å². The summed E-state index contributed by atoms with van der Waals surface area (Å²) in [6, 6.07) is 15.9. The van der Waals surface area contributed by atoms with Crippen LogP contribution in [-0.4, -0.2) is 12.5 Å². The fourth-order valence-corrected chi connectivity index (χ4v) is 3.39. The van der Waals surface area contributed by atoms with Crippen LogP contribution in [0.25, 0.3) is 0 Å². The van der Waals surface area contributed by atoms with Gasteiger partial charge in [-0.2, -0.15) is 0 Å². The van der Waals surface area contributed by atoms with E-state index in [1.54, 1.807) is 0 Å². The van der Waals surface area contributed by atoms with Crippen molar-refractivity contribution in [2.45, 2.75) is 38.8 Å². The Hall–Kier alpha value is -1.84. The highest BCUT2D eigenvalue weighted by Crippen LogP contribution is 2.49. The van der Waals surface area contributed by atoms with E-state index in [0.29, 0.717) is 13.2 Å². The van der Waals surface area contributed by atoms with Gasteiger partial charge in [0.05, 0.1) is 6.61 Å². The molecule has 3 rings (SSSR count). The predicted molar refractivity (Wildman–Crippen MR) is 101 cm³/mol. The number of carbonyl (C=O) groups excluding carboxylic acids is 1. The summed E-state index contributed by atoms with van der Waals surface area (Å²) in [7, 11) is 0. The van der Waals surface area contributed by atoms with Gasteiger partial charge in [0.1, 0.15) is 0 Å². The lowest BCUT2D eigenvalue weighted by Crippen LogP contribution is -2.25.